The second kappa shape index (κ2) is 6.64. The molecule has 0 bridgehead atoms. The molecule has 0 N–H and O–H groups in total. The molecule has 0 saturated heterocycles. The third kappa shape index (κ3) is 3.68. The number of hydrogen-bond acceptors (Lipinski definition) is 3. The molecule has 0 fully saturated rings. The summed E-state index contributed by atoms with van der Waals surface area (Å²) in [4.78, 5) is 24.2. The van der Waals surface area contributed by atoms with Crippen LogP contribution in [0.5, 0.6) is 0 Å². The first-order valence-corrected chi connectivity index (χ1v) is 8.33. The van der Waals surface area contributed by atoms with Crippen molar-refractivity contribution in [3.8, 4) is 0 Å². The van der Waals surface area contributed by atoms with E-state index in [0.29, 0.717) is 11.0 Å². The van der Waals surface area contributed by atoms with Crippen LogP contribution in [0, 0.1) is 0 Å². The Kier molecular flexibility index (Phi) is 4.59. The standard InChI is InChI=1S/C18H10Br2O3/c19-13-7-11(8-14(20)10-13)5-6-16(21)15-9-12-3-1-2-4-17(12)23-18(15)22/h1-10H/b6-5+. The number of rotatable bonds is 3. The van der Waals surface area contributed by atoms with E-state index < -0.39 is 5.63 Å². The van der Waals surface area contributed by atoms with Crippen LogP contribution in [0.4, 0.5) is 0 Å². The molecule has 0 amide bonds. The Morgan fingerprint density at radius 1 is 1.00 bits per heavy atom. The van der Waals surface area contributed by atoms with E-state index in [0.717, 1.165) is 14.5 Å². The van der Waals surface area contributed by atoms with Crippen molar-refractivity contribution in [2.75, 3.05) is 0 Å². The normalized spacial score (nSPS) is 11.2. The molecule has 1 heterocycles. The van der Waals surface area contributed by atoms with Gasteiger partial charge in [-0.05, 0) is 42.0 Å². The topological polar surface area (TPSA) is 47.3 Å². The number of benzene rings is 2. The predicted molar refractivity (Wildman–Crippen MR) is 97.7 cm³/mol. The molecule has 3 nitrogen and oxygen atoms in total. The third-order valence-corrected chi connectivity index (χ3v) is 4.13. The number of para-hydroxylation sites is 1. The van der Waals surface area contributed by atoms with Crippen molar-refractivity contribution in [1.82, 2.24) is 0 Å². The molecule has 5 heteroatoms. The summed E-state index contributed by atoms with van der Waals surface area (Å²) < 4.78 is 6.96. The predicted octanol–water partition coefficient (Wildman–Crippen LogP) is 5.21. The van der Waals surface area contributed by atoms with Gasteiger partial charge in [0.15, 0.2) is 5.78 Å². The first-order valence-electron chi connectivity index (χ1n) is 6.74. The van der Waals surface area contributed by atoms with Crippen molar-refractivity contribution in [2.24, 2.45) is 0 Å². The quantitative estimate of drug-likeness (QED) is 0.323. The van der Waals surface area contributed by atoms with Gasteiger partial charge in [-0.1, -0.05) is 56.1 Å². The minimum Gasteiger partial charge on any atom is -0.422 e. The molecule has 0 saturated carbocycles. The zero-order chi connectivity index (χ0) is 16.4. The first kappa shape index (κ1) is 15.9. The van der Waals surface area contributed by atoms with Gasteiger partial charge in [-0.3, -0.25) is 4.79 Å². The number of allylic oxidation sites excluding steroid dienone is 1. The molecule has 3 aromatic rings. The van der Waals surface area contributed by atoms with Gasteiger partial charge in [-0.15, -0.1) is 0 Å². The number of carbonyl (C=O) groups is 1. The van der Waals surface area contributed by atoms with Crippen molar-refractivity contribution in [1.29, 1.82) is 0 Å². The molecule has 0 aliphatic heterocycles. The van der Waals surface area contributed by atoms with E-state index in [1.54, 1.807) is 30.3 Å². The van der Waals surface area contributed by atoms with Gasteiger partial charge in [0.05, 0.1) is 0 Å². The van der Waals surface area contributed by atoms with Crippen LogP contribution in [0.15, 0.2) is 72.8 Å². The molecule has 1 aromatic heterocycles. The van der Waals surface area contributed by atoms with Crippen molar-refractivity contribution in [2.45, 2.75) is 0 Å². The summed E-state index contributed by atoms with van der Waals surface area (Å²) >= 11 is 6.78. The minimum atomic E-state index is -0.631. The zero-order valence-corrected chi connectivity index (χ0v) is 14.9. The van der Waals surface area contributed by atoms with Crippen LogP contribution in [-0.4, -0.2) is 5.78 Å². The summed E-state index contributed by atoms with van der Waals surface area (Å²) in [6.45, 7) is 0. The van der Waals surface area contributed by atoms with E-state index in [2.05, 4.69) is 31.9 Å². The van der Waals surface area contributed by atoms with Gasteiger partial charge in [-0.2, -0.15) is 0 Å². The number of halogens is 2. The van der Waals surface area contributed by atoms with Gasteiger partial charge >= 0.3 is 5.63 Å². The Hall–Kier alpha value is -1.98. The molecule has 0 atom stereocenters. The molecule has 0 spiro atoms. The Morgan fingerprint density at radius 2 is 1.70 bits per heavy atom. The van der Waals surface area contributed by atoms with E-state index >= 15 is 0 Å². The van der Waals surface area contributed by atoms with Crippen LogP contribution in [-0.2, 0) is 0 Å². The van der Waals surface area contributed by atoms with Crippen molar-refractivity contribution in [3.63, 3.8) is 0 Å². The number of carbonyl (C=O) groups excluding carboxylic acids is 1. The van der Waals surface area contributed by atoms with Gasteiger partial charge in [-0.25, -0.2) is 4.79 Å². The maximum Gasteiger partial charge on any atom is 0.347 e. The fourth-order valence-corrected chi connectivity index (χ4v) is 3.50. The van der Waals surface area contributed by atoms with E-state index in [4.69, 9.17) is 4.42 Å². The largest absolute Gasteiger partial charge is 0.422 e. The number of ketones is 1. The molecular weight excluding hydrogens is 424 g/mol. The highest BCUT2D eigenvalue weighted by molar-refractivity contribution is 9.11. The highest BCUT2D eigenvalue weighted by atomic mass is 79.9. The molecule has 0 aliphatic rings. The Balaban J connectivity index is 1.95. The Labute approximate surface area is 148 Å². The summed E-state index contributed by atoms with van der Waals surface area (Å²) in [5.74, 6) is -0.388. The lowest BCUT2D eigenvalue weighted by Gasteiger charge is -1.99. The highest BCUT2D eigenvalue weighted by Gasteiger charge is 2.11. The summed E-state index contributed by atoms with van der Waals surface area (Å²) in [7, 11) is 0. The summed E-state index contributed by atoms with van der Waals surface area (Å²) in [6.07, 6.45) is 3.03. The van der Waals surface area contributed by atoms with Gasteiger partial charge in [0.25, 0.3) is 0 Å². The third-order valence-electron chi connectivity index (χ3n) is 3.22. The maximum absolute atomic E-state index is 12.3. The van der Waals surface area contributed by atoms with E-state index in [-0.39, 0.29) is 11.3 Å². The second-order valence-corrected chi connectivity index (χ2v) is 6.72. The van der Waals surface area contributed by atoms with Crippen molar-refractivity contribution >= 4 is 54.7 Å². The monoisotopic (exact) mass is 432 g/mol. The highest BCUT2D eigenvalue weighted by Crippen LogP contribution is 2.21. The molecular formula is C18H10Br2O3. The zero-order valence-electron chi connectivity index (χ0n) is 11.8. The Morgan fingerprint density at radius 3 is 2.43 bits per heavy atom. The van der Waals surface area contributed by atoms with Crippen LogP contribution in [0.2, 0.25) is 0 Å². The molecule has 3 rings (SSSR count). The SMILES string of the molecule is O=C(/C=C/c1cc(Br)cc(Br)c1)c1cc2ccccc2oc1=O. The second-order valence-electron chi connectivity index (χ2n) is 4.89. The van der Waals surface area contributed by atoms with Crippen LogP contribution in [0.3, 0.4) is 0 Å². The van der Waals surface area contributed by atoms with Gasteiger partial charge in [0, 0.05) is 14.3 Å². The molecule has 114 valence electrons. The minimum absolute atomic E-state index is 0.0222. The van der Waals surface area contributed by atoms with Crippen LogP contribution in [0.25, 0.3) is 17.0 Å². The summed E-state index contributed by atoms with van der Waals surface area (Å²) in [6, 6.07) is 14.3. The van der Waals surface area contributed by atoms with Gasteiger partial charge in [0.1, 0.15) is 11.1 Å². The molecule has 0 unspecified atom stereocenters. The van der Waals surface area contributed by atoms with E-state index in [1.165, 1.54) is 6.08 Å². The lowest BCUT2D eigenvalue weighted by Crippen LogP contribution is -2.11. The van der Waals surface area contributed by atoms with Gasteiger partial charge < -0.3 is 4.42 Å². The van der Waals surface area contributed by atoms with E-state index in [9.17, 15) is 9.59 Å². The van der Waals surface area contributed by atoms with E-state index in [1.807, 2.05) is 24.3 Å². The van der Waals surface area contributed by atoms with Crippen LogP contribution in [0.1, 0.15) is 15.9 Å². The summed E-state index contributed by atoms with van der Waals surface area (Å²) in [5.41, 5.74) is 0.696. The maximum atomic E-state index is 12.3. The lowest BCUT2D eigenvalue weighted by atomic mass is 10.1. The Bertz CT molecular complexity index is 967. The van der Waals surface area contributed by atoms with Crippen LogP contribution < -0.4 is 5.63 Å². The first-order chi connectivity index (χ1) is 11.0. The van der Waals surface area contributed by atoms with Crippen LogP contribution >= 0.6 is 31.9 Å². The molecule has 2 aromatic carbocycles. The van der Waals surface area contributed by atoms with Crippen molar-refractivity contribution < 1.29 is 9.21 Å². The average molecular weight is 434 g/mol. The fourth-order valence-electron chi connectivity index (χ4n) is 2.17. The van der Waals surface area contributed by atoms with Crippen molar-refractivity contribution in [3.05, 3.63) is 85.1 Å². The van der Waals surface area contributed by atoms with Gasteiger partial charge in [0.2, 0.25) is 0 Å². The molecule has 23 heavy (non-hydrogen) atoms. The smallest absolute Gasteiger partial charge is 0.347 e. The molecule has 0 aliphatic carbocycles. The lowest BCUT2D eigenvalue weighted by molar-refractivity contribution is 0.104. The summed E-state index contributed by atoms with van der Waals surface area (Å²) in [5, 5.41) is 0.717. The number of fused-ring (bicyclic) bond motifs is 1. The number of hydrogen-bond donors (Lipinski definition) is 0. The average Bonchev–Trinajstić information content (AvgIpc) is 2.51. The molecule has 0 radical (unpaired) electrons. The fraction of sp³-hybridized carbons (Fsp3) is 0.